The minimum atomic E-state index is -0.302. The van der Waals surface area contributed by atoms with Gasteiger partial charge in [0.1, 0.15) is 5.75 Å². The van der Waals surface area contributed by atoms with Crippen molar-refractivity contribution in [3.63, 3.8) is 0 Å². The number of hydrogen-bond donors (Lipinski definition) is 2. The van der Waals surface area contributed by atoms with Crippen LogP contribution in [0.15, 0.2) is 58.8 Å². The summed E-state index contributed by atoms with van der Waals surface area (Å²) in [5, 5.41) is 7.96. The van der Waals surface area contributed by atoms with Gasteiger partial charge in [0.15, 0.2) is 5.13 Å². The fourth-order valence-electron chi connectivity index (χ4n) is 2.89. The number of anilines is 2. The lowest BCUT2D eigenvalue weighted by molar-refractivity contribution is -0.116. The van der Waals surface area contributed by atoms with Crippen molar-refractivity contribution in [3.8, 4) is 17.0 Å². The largest absolute Gasteiger partial charge is 0.497 e. The molecule has 0 saturated heterocycles. The number of unbranched alkanes of at least 4 members (excludes halogenated alkanes) is 1. The lowest BCUT2D eigenvalue weighted by Gasteiger charge is -2.11. The molecule has 2 aromatic carbocycles. The van der Waals surface area contributed by atoms with Crippen LogP contribution in [0, 0.1) is 0 Å². The van der Waals surface area contributed by atoms with E-state index in [0.717, 1.165) is 40.4 Å². The SMILES string of the molecule is CCCCC(=O)Nc1ccc(SC(C)C(=O)Nc2nc(-c3cccc(OC)c3)cs2)cc1. The zero-order valence-electron chi connectivity index (χ0n) is 18.4. The van der Waals surface area contributed by atoms with Gasteiger partial charge in [0.05, 0.1) is 18.1 Å². The highest BCUT2D eigenvalue weighted by molar-refractivity contribution is 8.00. The van der Waals surface area contributed by atoms with E-state index in [4.69, 9.17) is 4.74 Å². The first-order chi connectivity index (χ1) is 15.5. The molecule has 168 valence electrons. The van der Waals surface area contributed by atoms with Gasteiger partial charge < -0.3 is 15.4 Å². The van der Waals surface area contributed by atoms with Gasteiger partial charge in [0, 0.05) is 27.9 Å². The Bertz CT molecular complexity index is 1050. The van der Waals surface area contributed by atoms with Crippen LogP contribution in [-0.2, 0) is 9.59 Å². The first-order valence-electron chi connectivity index (χ1n) is 10.5. The normalized spacial score (nSPS) is 11.6. The Labute approximate surface area is 196 Å². The predicted octanol–water partition coefficient (Wildman–Crippen LogP) is 6.07. The molecular weight excluding hydrogens is 442 g/mol. The zero-order valence-corrected chi connectivity index (χ0v) is 20.0. The molecule has 0 aliphatic carbocycles. The fourth-order valence-corrected chi connectivity index (χ4v) is 4.48. The summed E-state index contributed by atoms with van der Waals surface area (Å²) in [7, 11) is 1.63. The van der Waals surface area contributed by atoms with Gasteiger partial charge in [0.2, 0.25) is 11.8 Å². The summed E-state index contributed by atoms with van der Waals surface area (Å²) in [6.45, 7) is 3.92. The highest BCUT2D eigenvalue weighted by atomic mass is 32.2. The average Bonchev–Trinajstić information content (AvgIpc) is 3.27. The van der Waals surface area contributed by atoms with E-state index >= 15 is 0 Å². The van der Waals surface area contributed by atoms with Crippen LogP contribution in [0.25, 0.3) is 11.3 Å². The third-order valence-corrected chi connectivity index (χ3v) is 6.55. The van der Waals surface area contributed by atoms with E-state index in [2.05, 4.69) is 22.5 Å². The molecule has 0 aliphatic heterocycles. The van der Waals surface area contributed by atoms with Crippen molar-refractivity contribution in [3.05, 3.63) is 53.9 Å². The van der Waals surface area contributed by atoms with Crippen LogP contribution in [-0.4, -0.2) is 29.2 Å². The number of carbonyl (C=O) groups excluding carboxylic acids is 2. The zero-order chi connectivity index (χ0) is 22.9. The molecule has 0 aliphatic rings. The fraction of sp³-hybridized carbons (Fsp3) is 0.292. The smallest absolute Gasteiger partial charge is 0.239 e. The van der Waals surface area contributed by atoms with Gasteiger partial charge >= 0.3 is 0 Å². The highest BCUT2D eigenvalue weighted by Gasteiger charge is 2.17. The molecule has 2 amide bonds. The number of thiazole rings is 1. The molecule has 0 spiro atoms. The van der Waals surface area contributed by atoms with Crippen molar-refractivity contribution in [2.24, 2.45) is 0 Å². The maximum atomic E-state index is 12.6. The number of carbonyl (C=O) groups is 2. The Morgan fingerprint density at radius 2 is 1.94 bits per heavy atom. The molecule has 1 unspecified atom stereocenters. The molecule has 32 heavy (non-hydrogen) atoms. The second kappa shape index (κ2) is 11.7. The van der Waals surface area contributed by atoms with Crippen LogP contribution in [0.2, 0.25) is 0 Å². The van der Waals surface area contributed by atoms with Crippen LogP contribution in [0.3, 0.4) is 0 Å². The molecule has 3 aromatic rings. The topological polar surface area (TPSA) is 80.3 Å². The molecule has 1 heterocycles. The maximum Gasteiger partial charge on any atom is 0.239 e. The van der Waals surface area contributed by atoms with Gasteiger partial charge in [-0.15, -0.1) is 23.1 Å². The van der Waals surface area contributed by atoms with Crippen LogP contribution in [0.4, 0.5) is 10.8 Å². The maximum absolute atomic E-state index is 12.6. The molecular formula is C24H27N3O3S2. The number of methoxy groups -OCH3 is 1. The molecule has 6 nitrogen and oxygen atoms in total. The van der Waals surface area contributed by atoms with E-state index < -0.39 is 0 Å². The predicted molar refractivity (Wildman–Crippen MR) is 133 cm³/mol. The second-order valence-electron chi connectivity index (χ2n) is 7.20. The summed E-state index contributed by atoms with van der Waals surface area (Å²) in [5.41, 5.74) is 2.49. The number of nitrogens with one attached hydrogen (secondary N) is 2. The first kappa shape index (κ1) is 23.8. The third kappa shape index (κ3) is 6.83. The number of hydrogen-bond acceptors (Lipinski definition) is 6. The number of amides is 2. The first-order valence-corrected chi connectivity index (χ1v) is 12.2. The number of benzene rings is 2. The Morgan fingerprint density at radius 3 is 2.66 bits per heavy atom. The minimum absolute atomic E-state index is 0.0248. The number of ether oxygens (including phenoxy) is 1. The molecule has 1 aromatic heterocycles. The lowest BCUT2D eigenvalue weighted by Crippen LogP contribution is -2.22. The summed E-state index contributed by atoms with van der Waals surface area (Å²) >= 11 is 2.85. The van der Waals surface area contributed by atoms with Crippen LogP contribution < -0.4 is 15.4 Å². The third-order valence-electron chi connectivity index (χ3n) is 4.68. The van der Waals surface area contributed by atoms with Crippen molar-refractivity contribution in [1.82, 2.24) is 4.98 Å². The average molecular weight is 470 g/mol. The minimum Gasteiger partial charge on any atom is -0.497 e. The van der Waals surface area contributed by atoms with Crippen molar-refractivity contribution < 1.29 is 14.3 Å². The molecule has 0 saturated carbocycles. The number of rotatable bonds is 10. The van der Waals surface area contributed by atoms with E-state index in [1.54, 1.807) is 7.11 Å². The summed E-state index contributed by atoms with van der Waals surface area (Å²) in [4.78, 5) is 30.0. The van der Waals surface area contributed by atoms with E-state index in [9.17, 15) is 9.59 Å². The molecule has 0 radical (unpaired) electrons. The molecule has 2 N–H and O–H groups in total. The molecule has 0 bridgehead atoms. The quantitative estimate of drug-likeness (QED) is 0.352. The highest BCUT2D eigenvalue weighted by Crippen LogP contribution is 2.29. The van der Waals surface area contributed by atoms with E-state index in [-0.39, 0.29) is 17.1 Å². The molecule has 1 atom stereocenters. The van der Waals surface area contributed by atoms with E-state index in [1.165, 1.54) is 23.1 Å². The van der Waals surface area contributed by atoms with Gasteiger partial charge in [-0.25, -0.2) is 4.98 Å². The van der Waals surface area contributed by atoms with Crippen LogP contribution in [0.5, 0.6) is 5.75 Å². The molecule has 3 rings (SSSR count). The van der Waals surface area contributed by atoms with Gasteiger partial charge in [-0.2, -0.15) is 0 Å². The molecule has 0 fully saturated rings. The monoisotopic (exact) mass is 469 g/mol. The number of aromatic nitrogens is 1. The summed E-state index contributed by atoms with van der Waals surface area (Å²) in [6, 6.07) is 15.2. The Hall–Kier alpha value is -2.84. The van der Waals surface area contributed by atoms with Gasteiger partial charge in [-0.05, 0) is 49.7 Å². The Morgan fingerprint density at radius 1 is 1.16 bits per heavy atom. The summed E-state index contributed by atoms with van der Waals surface area (Å²) < 4.78 is 5.26. The molecule has 8 heteroatoms. The summed E-state index contributed by atoms with van der Waals surface area (Å²) in [6.07, 6.45) is 2.40. The lowest BCUT2D eigenvalue weighted by atomic mass is 10.2. The van der Waals surface area contributed by atoms with E-state index in [1.807, 2.05) is 60.8 Å². The van der Waals surface area contributed by atoms with Crippen molar-refractivity contribution in [2.45, 2.75) is 43.3 Å². The van der Waals surface area contributed by atoms with Crippen molar-refractivity contribution >= 4 is 45.7 Å². The van der Waals surface area contributed by atoms with Crippen LogP contribution >= 0.6 is 23.1 Å². The van der Waals surface area contributed by atoms with Gasteiger partial charge in [-0.3, -0.25) is 9.59 Å². The number of thioether (sulfide) groups is 1. The number of nitrogens with zero attached hydrogens (tertiary/aromatic N) is 1. The van der Waals surface area contributed by atoms with Crippen molar-refractivity contribution in [1.29, 1.82) is 0 Å². The standard InChI is InChI=1S/C24H27N3O3S2/c1-4-5-9-22(28)25-18-10-12-20(13-11-18)32-16(2)23(29)27-24-26-21(15-31-24)17-7-6-8-19(14-17)30-3/h6-8,10-16H,4-5,9H2,1-3H3,(H,25,28)(H,26,27,29). The van der Waals surface area contributed by atoms with E-state index in [0.29, 0.717) is 11.6 Å². The van der Waals surface area contributed by atoms with Crippen LogP contribution in [0.1, 0.15) is 33.1 Å². The van der Waals surface area contributed by atoms with Crippen molar-refractivity contribution in [2.75, 3.05) is 17.7 Å². The van der Waals surface area contributed by atoms with Gasteiger partial charge in [-0.1, -0.05) is 25.5 Å². The summed E-state index contributed by atoms with van der Waals surface area (Å²) in [5.74, 6) is 0.674. The second-order valence-corrected chi connectivity index (χ2v) is 9.47. The Kier molecular flexibility index (Phi) is 8.70. The Balaban J connectivity index is 1.54. The van der Waals surface area contributed by atoms with Gasteiger partial charge in [0.25, 0.3) is 0 Å².